The first-order valence-electron chi connectivity index (χ1n) is 7.34. The molecule has 1 aliphatic heterocycles. The third-order valence-electron chi connectivity index (χ3n) is 3.44. The smallest absolute Gasteiger partial charge is 0.410 e. The van der Waals surface area contributed by atoms with Crippen LogP contribution in [0.5, 0.6) is 0 Å². The summed E-state index contributed by atoms with van der Waals surface area (Å²) in [5.41, 5.74) is -0.582. The Morgan fingerprint density at radius 1 is 1.43 bits per heavy atom. The molecular formula is C15H21ClN2O4S. The first-order chi connectivity index (χ1) is 10.7. The van der Waals surface area contributed by atoms with Crippen LogP contribution in [-0.4, -0.2) is 53.3 Å². The van der Waals surface area contributed by atoms with E-state index in [1.165, 1.54) is 16.2 Å². The molecule has 23 heavy (non-hydrogen) atoms. The molecule has 2 amide bonds. The van der Waals surface area contributed by atoms with Crippen LogP contribution in [0.25, 0.3) is 0 Å². The standard InChI is InChI=1S/C15H21ClN2O4S/c1-15(2,3)22-14(21)18-6-9(8-19)10(7-18)17-13(20)11-4-5-12(16)23-11/h4-5,9-10,19H,6-8H2,1-3H3,(H,17,20). The molecule has 1 aromatic rings. The van der Waals surface area contributed by atoms with Gasteiger partial charge >= 0.3 is 6.09 Å². The monoisotopic (exact) mass is 360 g/mol. The van der Waals surface area contributed by atoms with Crippen LogP contribution in [0.2, 0.25) is 4.34 Å². The van der Waals surface area contributed by atoms with Crippen LogP contribution in [0.3, 0.4) is 0 Å². The summed E-state index contributed by atoms with van der Waals surface area (Å²) in [6, 6.07) is 2.99. The molecule has 8 heteroatoms. The van der Waals surface area contributed by atoms with E-state index in [1.807, 2.05) is 0 Å². The summed E-state index contributed by atoms with van der Waals surface area (Å²) in [5, 5.41) is 12.4. The van der Waals surface area contributed by atoms with Gasteiger partial charge in [-0.05, 0) is 32.9 Å². The molecule has 0 spiro atoms. The molecule has 2 rings (SSSR count). The normalized spacial score (nSPS) is 21.3. The first kappa shape index (κ1) is 18.0. The summed E-state index contributed by atoms with van der Waals surface area (Å²) in [5.74, 6) is -0.474. The van der Waals surface area contributed by atoms with Gasteiger partial charge < -0.3 is 20.1 Å². The number of likely N-dealkylation sites (tertiary alicyclic amines) is 1. The van der Waals surface area contributed by atoms with Gasteiger partial charge in [-0.25, -0.2) is 4.79 Å². The van der Waals surface area contributed by atoms with Crippen LogP contribution in [0, 0.1) is 5.92 Å². The van der Waals surface area contributed by atoms with Gasteiger partial charge in [-0.15, -0.1) is 11.3 Å². The summed E-state index contributed by atoms with van der Waals surface area (Å²) in [6.07, 6.45) is -0.438. The van der Waals surface area contributed by atoms with Crippen LogP contribution in [0.1, 0.15) is 30.4 Å². The lowest BCUT2D eigenvalue weighted by atomic mass is 10.1. The van der Waals surface area contributed by atoms with Gasteiger partial charge in [0.25, 0.3) is 5.91 Å². The van der Waals surface area contributed by atoms with Crippen LogP contribution in [-0.2, 0) is 4.74 Å². The molecule has 0 aromatic carbocycles. The number of halogens is 1. The van der Waals surface area contributed by atoms with Gasteiger partial charge in [0.05, 0.1) is 15.3 Å². The molecule has 0 bridgehead atoms. The Morgan fingerprint density at radius 3 is 2.65 bits per heavy atom. The Balaban J connectivity index is 1.99. The quantitative estimate of drug-likeness (QED) is 0.867. The number of amides is 2. The lowest BCUT2D eigenvalue weighted by Crippen LogP contribution is -2.42. The van der Waals surface area contributed by atoms with Crippen LogP contribution < -0.4 is 5.32 Å². The fourth-order valence-corrected chi connectivity index (χ4v) is 3.32. The van der Waals surface area contributed by atoms with Crippen LogP contribution in [0.15, 0.2) is 12.1 Å². The first-order valence-corrected chi connectivity index (χ1v) is 8.54. The number of thiophene rings is 1. The molecule has 1 fully saturated rings. The molecule has 1 saturated heterocycles. The molecular weight excluding hydrogens is 340 g/mol. The third kappa shape index (κ3) is 4.83. The fourth-order valence-electron chi connectivity index (χ4n) is 2.37. The Hall–Kier alpha value is -1.31. The highest BCUT2D eigenvalue weighted by Gasteiger charge is 2.37. The molecule has 2 N–H and O–H groups in total. The van der Waals surface area contributed by atoms with Gasteiger partial charge in [0.15, 0.2) is 0 Å². The predicted molar refractivity (Wildman–Crippen MR) is 89.0 cm³/mol. The van der Waals surface area contributed by atoms with Crippen LogP contribution >= 0.6 is 22.9 Å². The number of hydrogen-bond donors (Lipinski definition) is 2. The number of carbonyl (C=O) groups excluding carboxylic acids is 2. The van der Waals surface area contributed by atoms with E-state index >= 15 is 0 Å². The topological polar surface area (TPSA) is 78.9 Å². The number of nitrogens with one attached hydrogen (secondary N) is 1. The molecule has 6 nitrogen and oxygen atoms in total. The van der Waals surface area contributed by atoms with Gasteiger partial charge in [-0.3, -0.25) is 4.79 Å². The van der Waals surface area contributed by atoms with Crippen molar-refractivity contribution in [2.24, 2.45) is 5.92 Å². The predicted octanol–water partition coefficient (Wildman–Crippen LogP) is 2.36. The van der Waals surface area contributed by atoms with Crippen molar-refractivity contribution >= 4 is 34.9 Å². The Bertz CT molecular complexity index is 584. The molecule has 1 aromatic heterocycles. The molecule has 0 radical (unpaired) electrons. The largest absolute Gasteiger partial charge is 0.444 e. The maximum absolute atomic E-state index is 12.2. The van der Waals surface area contributed by atoms with Crippen molar-refractivity contribution in [1.29, 1.82) is 0 Å². The van der Waals surface area contributed by atoms with Gasteiger partial charge in [-0.1, -0.05) is 11.6 Å². The number of carbonyl (C=O) groups is 2. The summed E-state index contributed by atoms with van der Waals surface area (Å²) in [7, 11) is 0. The minimum absolute atomic E-state index is 0.116. The van der Waals surface area contributed by atoms with E-state index in [9.17, 15) is 14.7 Å². The van der Waals surface area contributed by atoms with Crippen molar-refractivity contribution in [3.63, 3.8) is 0 Å². The lowest BCUT2D eigenvalue weighted by Gasteiger charge is -2.24. The van der Waals surface area contributed by atoms with E-state index < -0.39 is 11.7 Å². The lowest BCUT2D eigenvalue weighted by molar-refractivity contribution is 0.0281. The average molecular weight is 361 g/mol. The highest BCUT2D eigenvalue weighted by molar-refractivity contribution is 7.17. The van der Waals surface area contributed by atoms with E-state index in [4.69, 9.17) is 16.3 Å². The zero-order chi connectivity index (χ0) is 17.2. The second kappa shape index (κ2) is 7.07. The Labute approximate surface area is 144 Å². The van der Waals surface area contributed by atoms with Crippen molar-refractivity contribution < 1.29 is 19.4 Å². The van der Waals surface area contributed by atoms with Gasteiger partial charge in [0.1, 0.15) is 5.60 Å². The highest BCUT2D eigenvalue weighted by atomic mass is 35.5. The number of aliphatic hydroxyl groups excluding tert-OH is 1. The van der Waals surface area contributed by atoms with Crippen molar-refractivity contribution in [1.82, 2.24) is 10.2 Å². The molecule has 128 valence electrons. The zero-order valence-corrected chi connectivity index (χ0v) is 14.9. The van der Waals surface area contributed by atoms with Gasteiger partial charge in [-0.2, -0.15) is 0 Å². The molecule has 2 heterocycles. The maximum atomic E-state index is 12.2. The second-order valence-electron chi connectivity index (χ2n) is 6.51. The SMILES string of the molecule is CC(C)(C)OC(=O)N1CC(CO)C(NC(=O)c2ccc(Cl)s2)C1. The van der Waals surface area contributed by atoms with E-state index in [-0.39, 0.29) is 24.5 Å². The number of aliphatic hydroxyl groups is 1. The minimum Gasteiger partial charge on any atom is -0.444 e. The van der Waals surface area contributed by atoms with Crippen LogP contribution in [0.4, 0.5) is 4.79 Å². The van der Waals surface area contributed by atoms with Crippen molar-refractivity contribution in [3.8, 4) is 0 Å². The Morgan fingerprint density at radius 2 is 2.13 bits per heavy atom. The summed E-state index contributed by atoms with van der Waals surface area (Å²) in [4.78, 5) is 26.3. The number of hydrogen-bond acceptors (Lipinski definition) is 5. The number of ether oxygens (including phenoxy) is 1. The summed E-state index contributed by atoms with van der Waals surface area (Å²) in [6.45, 7) is 5.93. The summed E-state index contributed by atoms with van der Waals surface area (Å²) >= 11 is 7.02. The average Bonchev–Trinajstić information content (AvgIpc) is 3.03. The minimum atomic E-state index is -0.582. The second-order valence-corrected chi connectivity index (χ2v) is 8.23. The maximum Gasteiger partial charge on any atom is 0.410 e. The van der Waals surface area contributed by atoms with E-state index in [0.29, 0.717) is 22.3 Å². The Kier molecular flexibility index (Phi) is 5.54. The number of nitrogens with zero attached hydrogens (tertiary/aromatic N) is 1. The molecule has 2 atom stereocenters. The van der Waals surface area contributed by atoms with E-state index in [0.717, 1.165) is 0 Å². The van der Waals surface area contributed by atoms with Crippen molar-refractivity contribution in [2.45, 2.75) is 32.4 Å². The van der Waals surface area contributed by atoms with Crippen molar-refractivity contribution in [2.75, 3.05) is 19.7 Å². The molecule has 0 aliphatic carbocycles. The summed E-state index contributed by atoms with van der Waals surface area (Å²) < 4.78 is 5.87. The fraction of sp³-hybridized carbons (Fsp3) is 0.600. The molecule has 1 aliphatic rings. The third-order valence-corrected chi connectivity index (χ3v) is 4.67. The van der Waals surface area contributed by atoms with Gasteiger partial charge in [0, 0.05) is 25.6 Å². The molecule has 0 saturated carbocycles. The highest BCUT2D eigenvalue weighted by Crippen LogP contribution is 2.23. The number of rotatable bonds is 3. The van der Waals surface area contributed by atoms with E-state index in [2.05, 4.69) is 5.32 Å². The zero-order valence-electron chi connectivity index (χ0n) is 13.3. The van der Waals surface area contributed by atoms with Crippen molar-refractivity contribution in [3.05, 3.63) is 21.3 Å². The molecule has 2 unspecified atom stereocenters. The van der Waals surface area contributed by atoms with Gasteiger partial charge in [0.2, 0.25) is 0 Å². The van der Waals surface area contributed by atoms with E-state index in [1.54, 1.807) is 32.9 Å².